The minimum atomic E-state index is -3.33. The predicted molar refractivity (Wildman–Crippen MR) is 94.8 cm³/mol. The average Bonchev–Trinajstić information content (AvgIpc) is 3.05. The fourth-order valence-corrected chi connectivity index (χ4v) is 2.74. The maximum absolute atomic E-state index is 12.2. The number of methoxy groups -OCH3 is 1. The zero-order valence-electron chi connectivity index (χ0n) is 14.2. The molecule has 9 heteroatoms. The molecule has 0 atom stereocenters. The molecule has 0 saturated carbocycles. The van der Waals surface area contributed by atoms with Crippen molar-refractivity contribution < 1.29 is 17.9 Å². The molecule has 25 heavy (non-hydrogen) atoms. The van der Waals surface area contributed by atoms with Crippen LogP contribution in [-0.2, 0) is 27.8 Å². The second-order valence-corrected chi connectivity index (χ2v) is 7.35. The van der Waals surface area contributed by atoms with Gasteiger partial charge in [-0.3, -0.25) is 9.52 Å². The Morgan fingerprint density at radius 1 is 1.28 bits per heavy atom. The van der Waals surface area contributed by atoms with Crippen LogP contribution in [0.15, 0.2) is 36.8 Å². The minimum absolute atomic E-state index is 0.00795. The van der Waals surface area contributed by atoms with Crippen LogP contribution in [-0.4, -0.2) is 43.3 Å². The van der Waals surface area contributed by atoms with Gasteiger partial charge in [0.05, 0.1) is 30.9 Å². The van der Waals surface area contributed by atoms with Gasteiger partial charge in [0, 0.05) is 31.1 Å². The Morgan fingerprint density at radius 3 is 2.64 bits per heavy atom. The number of rotatable bonds is 9. The second-order valence-electron chi connectivity index (χ2n) is 5.34. The van der Waals surface area contributed by atoms with Crippen molar-refractivity contribution in [1.29, 1.82) is 0 Å². The van der Waals surface area contributed by atoms with E-state index in [1.54, 1.807) is 50.8 Å². The van der Waals surface area contributed by atoms with E-state index in [9.17, 15) is 13.2 Å². The average molecular weight is 366 g/mol. The molecule has 2 aromatic rings. The zero-order chi connectivity index (χ0) is 18.3. The number of hydrogen-bond acceptors (Lipinski definition) is 5. The fourth-order valence-electron chi connectivity index (χ4n) is 2.10. The number of carbonyl (C=O) groups excluding carboxylic acids is 1. The fraction of sp³-hybridized carbons (Fsp3) is 0.375. The number of amides is 1. The van der Waals surface area contributed by atoms with Crippen molar-refractivity contribution in [2.45, 2.75) is 20.0 Å². The first-order chi connectivity index (χ1) is 11.9. The zero-order valence-corrected chi connectivity index (χ0v) is 15.0. The van der Waals surface area contributed by atoms with Crippen LogP contribution in [0.25, 0.3) is 0 Å². The molecule has 0 saturated heterocycles. The van der Waals surface area contributed by atoms with Gasteiger partial charge in [-0.1, -0.05) is 0 Å². The van der Waals surface area contributed by atoms with Crippen molar-refractivity contribution in [3.05, 3.63) is 48.0 Å². The standard InChI is InChI=1S/C16H22N4O4S/c1-3-25(22,23)19-14-6-4-13(5-7-14)16(21)18-11-15-10-17-12-20(15)8-9-24-2/h4-7,10,12,19H,3,8-9,11H2,1-2H3,(H,18,21). The molecule has 0 aliphatic rings. The lowest BCUT2D eigenvalue weighted by Gasteiger charge is -2.10. The number of ether oxygens (including phenoxy) is 1. The number of anilines is 1. The Morgan fingerprint density at radius 2 is 2.00 bits per heavy atom. The molecule has 136 valence electrons. The van der Waals surface area contributed by atoms with Crippen LogP contribution >= 0.6 is 0 Å². The van der Waals surface area contributed by atoms with Crippen molar-refractivity contribution in [1.82, 2.24) is 14.9 Å². The van der Waals surface area contributed by atoms with Crippen LogP contribution in [0, 0.1) is 0 Å². The first kappa shape index (κ1) is 18.9. The van der Waals surface area contributed by atoms with Crippen molar-refractivity contribution in [3.63, 3.8) is 0 Å². The van der Waals surface area contributed by atoms with E-state index in [2.05, 4.69) is 15.0 Å². The van der Waals surface area contributed by atoms with Gasteiger partial charge in [0.2, 0.25) is 10.0 Å². The highest BCUT2D eigenvalue weighted by Crippen LogP contribution is 2.12. The lowest BCUT2D eigenvalue weighted by Crippen LogP contribution is -2.24. The molecular weight excluding hydrogens is 344 g/mol. The summed E-state index contributed by atoms with van der Waals surface area (Å²) in [5.41, 5.74) is 1.75. The molecule has 0 unspecified atom stereocenters. The van der Waals surface area contributed by atoms with Gasteiger partial charge < -0.3 is 14.6 Å². The van der Waals surface area contributed by atoms with Crippen LogP contribution in [0.3, 0.4) is 0 Å². The highest BCUT2D eigenvalue weighted by molar-refractivity contribution is 7.92. The normalized spacial score (nSPS) is 11.3. The number of nitrogens with zero attached hydrogens (tertiary/aromatic N) is 2. The number of sulfonamides is 1. The summed E-state index contributed by atoms with van der Waals surface area (Å²) in [7, 11) is -1.70. The van der Waals surface area contributed by atoms with Gasteiger partial charge in [0.25, 0.3) is 5.91 Å². The van der Waals surface area contributed by atoms with E-state index in [0.29, 0.717) is 30.9 Å². The Balaban J connectivity index is 1.94. The molecule has 0 aliphatic carbocycles. The van der Waals surface area contributed by atoms with Gasteiger partial charge >= 0.3 is 0 Å². The Labute approximate surface area is 147 Å². The van der Waals surface area contributed by atoms with E-state index >= 15 is 0 Å². The largest absolute Gasteiger partial charge is 0.383 e. The number of aromatic nitrogens is 2. The lowest BCUT2D eigenvalue weighted by molar-refractivity contribution is 0.0950. The van der Waals surface area contributed by atoms with E-state index in [1.165, 1.54) is 0 Å². The molecule has 8 nitrogen and oxygen atoms in total. The van der Waals surface area contributed by atoms with Gasteiger partial charge in [-0.2, -0.15) is 0 Å². The smallest absolute Gasteiger partial charge is 0.251 e. The van der Waals surface area contributed by atoms with E-state index in [-0.39, 0.29) is 11.7 Å². The maximum Gasteiger partial charge on any atom is 0.251 e. The monoisotopic (exact) mass is 366 g/mol. The Kier molecular flexibility index (Phi) is 6.54. The van der Waals surface area contributed by atoms with Crippen molar-refractivity contribution in [3.8, 4) is 0 Å². The summed E-state index contributed by atoms with van der Waals surface area (Å²) in [5.74, 6) is -0.254. The summed E-state index contributed by atoms with van der Waals surface area (Å²) in [5, 5.41) is 2.82. The molecule has 0 aliphatic heterocycles. The third kappa shape index (κ3) is 5.57. The molecule has 0 bridgehead atoms. The molecule has 1 aromatic heterocycles. The molecular formula is C16H22N4O4S. The van der Waals surface area contributed by atoms with Crippen LogP contribution in [0.1, 0.15) is 23.0 Å². The van der Waals surface area contributed by atoms with E-state index in [0.717, 1.165) is 5.69 Å². The molecule has 1 amide bonds. The molecule has 1 heterocycles. The van der Waals surface area contributed by atoms with E-state index in [4.69, 9.17) is 4.74 Å². The van der Waals surface area contributed by atoms with E-state index < -0.39 is 10.0 Å². The molecule has 2 rings (SSSR count). The number of benzene rings is 1. The van der Waals surface area contributed by atoms with Gasteiger partial charge in [-0.25, -0.2) is 13.4 Å². The number of carbonyl (C=O) groups is 1. The van der Waals surface area contributed by atoms with Crippen molar-refractivity contribution in [2.75, 3.05) is 24.2 Å². The first-order valence-electron chi connectivity index (χ1n) is 7.82. The summed E-state index contributed by atoms with van der Waals surface area (Å²) >= 11 is 0. The number of nitrogens with one attached hydrogen (secondary N) is 2. The quantitative estimate of drug-likeness (QED) is 0.695. The van der Waals surface area contributed by atoms with Crippen molar-refractivity contribution >= 4 is 21.6 Å². The summed E-state index contributed by atoms with van der Waals surface area (Å²) < 4.78 is 32.4. The van der Waals surface area contributed by atoms with Gasteiger partial charge in [-0.15, -0.1) is 0 Å². The summed E-state index contributed by atoms with van der Waals surface area (Å²) in [6.45, 7) is 3.12. The summed E-state index contributed by atoms with van der Waals surface area (Å²) in [6, 6.07) is 6.27. The van der Waals surface area contributed by atoms with Crippen LogP contribution < -0.4 is 10.0 Å². The summed E-state index contributed by atoms with van der Waals surface area (Å²) in [6.07, 6.45) is 3.38. The molecule has 0 radical (unpaired) electrons. The van der Waals surface area contributed by atoms with Crippen molar-refractivity contribution in [2.24, 2.45) is 0 Å². The number of imidazole rings is 1. The Hall–Kier alpha value is -2.39. The Bertz CT molecular complexity index is 800. The van der Waals surface area contributed by atoms with Crippen LogP contribution in [0.4, 0.5) is 5.69 Å². The third-order valence-electron chi connectivity index (χ3n) is 3.57. The topological polar surface area (TPSA) is 102 Å². The van der Waals surface area contributed by atoms with Gasteiger partial charge in [0.1, 0.15) is 0 Å². The number of hydrogen-bond donors (Lipinski definition) is 2. The molecule has 1 aromatic carbocycles. The van der Waals surface area contributed by atoms with Gasteiger partial charge in [0.15, 0.2) is 0 Å². The van der Waals surface area contributed by atoms with Gasteiger partial charge in [-0.05, 0) is 31.2 Å². The van der Waals surface area contributed by atoms with E-state index in [1.807, 2.05) is 4.57 Å². The van der Waals surface area contributed by atoms with Crippen LogP contribution in [0.2, 0.25) is 0 Å². The first-order valence-corrected chi connectivity index (χ1v) is 9.47. The minimum Gasteiger partial charge on any atom is -0.383 e. The lowest BCUT2D eigenvalue weighted by atomic mass is 10.2. The SMILES string of the molecule is CCS(=O)(=O)Nc1ccc(C(=O)NCc2cncn2CCOC)cc1. The maximum atomic E-state index is 12.2. The molecule has 2 N–H and O–H groups in total. The molecule has 0 fully saturated rings. The summed E-state index contributed by atoms with van der Waals surface area (Å²) in [4.78, 5) is 16.3. The van der Waals surface area contributed by atoms with Crippen LogP contribution in [0.5, 0.6) is 0 Å². The second kappa shape index (κ2) is 8.63. The molecule has 0 spiro atoms. The predicted octanol–water partition coefficient (Wildman–Crippen LogP) is 1.22. The third-order valence-corrected chi connectivity index (χ3v) is 4.87. The highest BCUT2D eigenvalue weighted by atomic mass is 32.2. The highest BCUT2D eigenvalue weighted by Gasteiger charge is 2.10.